The normalized spacial score (nSPS) is 14.7. The second kappa shape index (κ2) is 39.9. The number of unbranched alkanes of at least 4 members (excludes halogenated alkanes) is 4. The predicted octanol–water partition coefficient (Wildman–Crippen LogP) is 6.89. The van der Waals surface area contributed by atoms with Gasteiger partial charge in [-0.2, -0.15) is 4.98 Å². The molecule has 2 fully saturated rings. The van der Waals surface area contributed by atoms with E-state index in [2.05, 4.69) is 78.1 Å². The van der Waals surface area contributed by atoms with Gasteiger partial charge in [0.25, 0.3) is 0 Å². The van der Waals surface area contributed by atoms with Crippen LogP contribution in [0.2, 0.25) is 0 Å². The third-order valence-electron chi connectivity index (χ3n) is 16.3. The fourth-order valence-electron chi connectivity index (χ4n) is 11.3. The molecule has 4 heterocycles. The van der Waals surface area contributed by atoms with E-state index in [1.807, 2.05) is 26.1 Å². The van der Waals surface area contributed by atoms with Gasteiger partial charge in [-0.25, -0.2) is 14.6 Å². The van der Waals surface area contributed by atoms with Crippen LogP contribution in [0.1, 0.15) is 135 Å². The Balaban J connectivity index is 0.868. The number of amides is 6. The monoisotopic (exact) mass is 1300 g/mol. The van der Waals surface area contributed by atoms with E-state index in [9.17, 15) is 33.6 Å². The van der Waals surface area contributed by atoms with Crippen molar-refractivity contribution in [3.05, 3.63) is 71.4 Å². The van der Waals surface area contributed by atoms with Crippen LogP contribution in [0, 0.1) is 11.8 Å². The van der Waals surface area contributed by atoms with E-state index in [4.69, 9.17) is 44.6 Å². The molecule has 4 aromatic rings. The Bertz CT molecular complexity index is 2990. The van der Waals surface area contributed by atoms with E-state index in [1.54, 1.807) is 36.3 Å². The van der Waals surface area contributed by atoms with Crippen molar-refractivity contribution in [2.24, 2.45) is 17.6 Å². The molecule has 26 heteroatoms. The smallest absolute Gasteiger partial charge is 0.410 e. The summed E-state index contributed by atoms with van der Waals surface area (Å²) < 4.78 is 42.4. The summed E-state index contributed by atoms with van der Waals surface area (Å²) in [5, 5.41) is 14.5. The van der Waals surface area contributed by atoms with Crippen LogP contribution in [0.3, 0.4) is 0 Å². The summed E-state index contributed by atoms with van der Waals surface area (Å²) in [5.74, 6) is -0.534. The maximum Gasteiger partial charge on any atom is 0.410 e. The zero-order valence-electron chi connectivity index (χ0n) is 55.5. The van der Waals surface area contributed by atoms with Crippen molar-refractivity contribution >= 4 is 69.9 Å². The van der Waals surface area contributed by atoms with E-state index >= 15 is 0 Å². The number of nitrogens with two attached hydrogens (primary N) is 2. The highest BCUT2D eigenvalue weighted by molar-refractivity contribution is 5.98. The number of ketones is 2. The summed E-state index contributed by atoms with van der Waals surface area (Å²) >= 11 is 0. The number of benzene rings is 2. The molecular weight excluding hydrogens is 1200 g/mol. The third-order valence-corrected chi connectivity index (χ3v) is 16.3. The van der Waals surface area contributed by atoms with Crippen molar-refractivity contribution in [1.29, 1.82) is 0 Å². The van der Waals surface area contributed by atoms with Gasteiger partial charge in [-0.3, -0.25) is 28.9 Å². The molecule has 2 aromatic carbocycles. The van der Waals surface area contributed by atoms with Gasteiger partial charge in [0.15, 0.2) is 11.6 Å². The van der Waals surface area contributed by atoms with Crippen LogP contribution in [0.15, 0.2) is 54.7 Å². The van der Waals surface area contributed by atoms with Crippen molar-refractivity contribution in [2.45, 2.75) is 155 Å². The first-order valence-corrected chi connectivity index (χ1v) is 33.1. The Kier molecular flexibility index (Phi) is 32.0. The van der Waals surface area contributed by atoms with E-state index < -0.39 is 47.5 Å². The van der Waals surface area contributed by atoms with Gasteiger partial charge in [0.1, 0.15) is 35.3 Å². The van der Waals surface area contributed by atoms with Crippen molar-refractivity contribution < 1.29 is 66.7 Å². The number of carbonyl (C=O) groups is 7. The number of urea groups is 1. The van der Waals surface area contributed by atoms with Gasteiger partial charge in [0.05, 0.1) is 84.6 Å². The molecule has 1 spiro atoms. The number of aromatic nitrogens is 3. The number of hydrogen-bond donors (Lipinski definition) is 7. The third kappa shape index (κ3) is 25.7. The lowest BCUT2D eigenvalue weighted by Crippen LogP contribution is -2.70. The SMILES string of the molecule is CCCCCNc1nc(N)nc2ccn(Cc3ccc(CN4CC5(C4)CN(C(=O)OCc4ccc(NC(=O)[C@H](CCCNC(N)=O)NC(=O)[C@@H](CC(=O)CCOCCOCCOCCOCCCC(=O)[C@@H](CCCCC)NC(C)=O)C(C)C)cc4)CCO5)cc3OC)c12. The van der Waals surface area contributed by atoms with Crippen LogP contribution in [0.25, 0.3) is 11.0 Å². The molecule has 0 saturated carbocycles. The van der Waals surface area contributed by atoms with Gasteiger partial charge in [0, 0.05) is 95.4 Å². The summed E-state index contributed by atoms with van der Waals surface area (Å²) in [6.07, 6.45) is 9.85. The Morgan fingerprint density at radius 2 is 1.40 bits per heavy atom. The Morgan fingerprint density at radius 1 is 0.720 bits per heavy atom. The van der Waals surface area contributed by atoms with Gasteiger partial charge < -0.3 is 80.7 Å². The van der Waals surface area contributed by atoms with Crippen LogP contribution in [-0.2, 0) is 72.1 Å². The van der Waals surface area contributed by atoms with Crippen molar-refractivity contribution in [1.82, 2.24) is 40.3 Å². The number of nitrogens with zero attached hydrogens (tertiary/aromatic N) is 5. The van der Waals surface area contributed by atoms with Crippen molar-refractivity contribution in [3.8, 4) is 5.75 Å². The maximum atomic E-state index is 13.8. The number of nitrogens with one attached hydrogen (secondary N) is 5. The number of fused-ring (bicyclic) bond motifs is 1. The summed E-state index contributed by atoms with van der Waals surface area (Å²) in [6, 6.07) is 12.9. The van der Waals surface area contributed by atoms with Crippen LogP contribution < -0.4 is 42.8 Å². The number of carbonyl (C=O) groups excluding carboxylic acids is 7. The molecule has 3 atom stereocenters. The summed E-state index contributed by atoms with van der Waals surface area (Å²) in [7, 11) is 1.68. The Hall–Kier alpha value is -7.49. The number of hydrogen-bond acceptors (Lipinski definition) is 19. The van der Waals surface area contributed by atoms with Crippen LogP contribution in [0.4, 0.5) is 27.0 Å². The molecule has 0 bridgehead atoms. The number of morpholine rings is 1. The molecule has 0 radical (unpaired) electrons. The minimum Gasteiger partial charge on any atom is -0.496 e. The molecule has 0 aliphatic carbocycles. The molecule has 2 aromatic heterocycles. The van der Waals surface area contributed by atoms with Gasteiger partial charge >= 0.3 is 12.1 Å². The zero-order valence-corrected chi connectivity index (χ0v) is 55.5. The average molecular weight is 1300 g/mol. The highest BCUT2D eigenvalue weighted by Gasteiger charge is 2.48. The standard InChI is InChI=1S/C67H102N12O14/c1-7-9-11-15-55(72-48(5)80)58(82)17-14-30-88-33-35-90-37-38-91-36-34-89-31-25-53(81)40-54(47(3)4)62(83)74-57(16-13-27-71-65(69)85)63(84)73-52-22-19-49(20-23-52)43-92-66(86)79-29-32-93-67(46-79)44-77(45-67)41-50-18-21-51(59(39-50)87-6)42-78-28-24-56-60(78)61(76-64(68)75-56)70-26-12-10-8-2/h18-24,28,39,47,54-55,57H,7-17,25-27,29-38,40-46H2,1-6H3,(H,72,80)(H,73,84)(H,74,83)(H3,69,71,85)(H3,68,70,75,76)/t54-,55+,57-/m0/s1. The largest absolute Gasteiger partial charge is 0.496 e. The lowest BCUT2D eigenvalue weighted by Gasteiger charge is -2.53. The lowest BCUT2D eigenvalue weighted by atomic mass is 9.88. The number of rotatable bonds is 45. The molecular formula is C67H102N12O14. The lowest BCUT2D eigenvalue weighted by molar-refractivity contribution is -0.181. The fraction of sp³-hybridized carbons (Fsp3) is 0.627. The molecule has 2 saturated heterocycles. The predicted molar refractivity (Wildman–Crippen MR) is 353 cm³/mol. The number of likely N-dealkylation sites (tertiary alicyclic amines) is 1. The number of nitrogen functional groups attached to an aromatic ring is 1. The van der Waals surface area contributed by atoms with Crippen LogP contribution >= 0.6 is 0 Å². The zero-order chi connectivity index (χ0) is 67.0. The Labute approximate surface area is 547 Å². The molecule has 514 valence electrons. The van der Waals surface area contributed by atoms with Crippen molar-refractivity contribution in [2.75, 3.05) is 122 Å². The van der Waals surface area contributed by atoms with E-state index in [1.165, 1.54) is 6.92 Å². The van der Waals surface area contributed by atoms with E-state index in [0.29, 0.717) is 128 Å². The molecule has 0 unspecified atom stereocenters. The van der Waals surface area contributed by atoms with Crippen LogP contribution in [0.5, 0.6) is 5.75 Å². The number of ether oxygens (including phenoxy) is 7. The van der Waals surface area contributed by atoms with Gasteiger partial charge in [-0.15, -0.1) is 0 Å². The number of primary amides is 1. The summed E-state index contributed by atoms with van der Waals surface area (Å²) in [4.78, 5) is 103. The average Bonchev–Trinajstić information content (AvgIpc) is 1.35. The summed E-state index contributed by atoms with van der Waals surface area (Å²) in [5.41, 5.74) is 15.7. The molecule has 2 aliphatic heterocycles. The minimum atomic E-state index is -1.01. The van der Waals surface area contributed by atoms with Gasteiger partial charge in [-0.1, -0.05) is 84.1 Å². The first-order chi connectivity index (χ1) is 44.9. The highest BCUT2D eigenvalue weighted by Crippen LogP contribution is 2.33. The molecule has 93 heavy (non-hydrogen) atoms. The first-order valence-electron chi connectivity index (χ1n) is 33.1. The minimum absolute atomic E-state index is 0.00388. The molecule has 26 nitrogen and oxygen atoms in total. The molecule has 6 rings (SSSR count). The number of methoxy groups -OCH3 is 1. The topological polar surface area (TPSA) is 333 Å². The molecule has 6 amide bonds. The molecule has 2 aliphatic rings. The summed E-state index contributed by atoms with van der Waals surface area (Å²) in [6.45, 7) is 16.6. The number of anilines is 3. The van der Waals surface area contributed by atoms with E-state index in [0.717, 1.165) is 73.0 Å². The fourth-order valence-corrected chi connectivity index (χ4v) is 11.3. The molecule has 9 N–H and O–H groups in total. The maximum absolute atomic E-state index is 13.8. The van der Waals surface area contributed by atoms with Crippen LogP contribution in [-0.4, -0.2) is 189 Å². The second-order valence-corrected chi connectivity index (χ2v) is 24.3. The Morgan fingerprint density at radius 3 is 2.08 bits per heavy atom. The highest BCUT2D eigenvalue weighted by atomic mass is 16.6. The second-order valence-electron chi connectivity index (χ2n) is 24.3. The van der Waals surface area contributed by atoms with Gasteiger partial charge in [-0.05, 0) is 73.4 Å². The quantitative estimate of drug-likeness (QED) is 0.0221. The first kappa shape index (κ1) is 74.5. The van der Waals surface area contributed by atoms with Gasteiger partial charge in [0.2, 0.25) is 23.7 Å². The number of Topliss-reactive ketones (excluding diaryl/α,β-unsaturated/α-hetero) is 2. The van der Waals surface area contributed by atoms with E-state index in [-0.39, 0.29) is 75.0 Å². The van der Waals surface area contributed by atoms with Crippen molar-refractivity contribution in [3.63, 3.8) is 0 Å².